The van der Waals surface area contributed by atoms with Crippen LogP contribution in [0.2, 0.25) is 0 Å². The molecule has 1 N–H and O–H groups in total. The fourth-order valence-corrected chi connectivity index (χ4v) is 3.32. The van der Waals surface area contributed by atoms with Crippen molar-refractivity contribution in [2.24, 2.45) is 0 Å². The fourth-order valence-electron chi connectivity index (χ4n) is 2.10. The number of hydrogen-bond acceptors (Lipinski definition) is 3. The number of thiazole rings is 1. The number of nitrogens with zero attached hydrogens (tertiary/aromatic N) is 1. The molecule has 0 unspecified atom stereocenters. The van der Waals surface area contributed by atoms with E-state index in [1.54, 1.807) is 11.3 Å². The maximum atomic E-state index is 4.38. The highest BCUT2D eigenvalue weighted by molar-refractivity contribution is 9.10. The Labute approximate surface area is 104 Å². The van der Waals surface area contributed by atoms with E-state index in [2.05, 4.69) is 26.2 Å². The molecule has 1 saturated carbocycles. The smallest absolute Gasteiger partial charge is 0.183 e. The molecular formula is C11H17BrN2S. The summed E-state index contributed by atoms with van der Waals surface area (Å²) in [4.78, 5) is 4.38. The van der Waals surface area contributed by atoms with Gasteiger partial charge in [-0.25, -0.2) is 4.98 Å². The first-order valence-electron chi connectivity index (χ1n) is 5.72. The van der Waals surface area contributed by atoms with E-state index < -0.39 is 0 Å². The van der Waals surface area contributed by atoms with E-state index in [0.717, 1.165) is 9.73 Å². The molecule has 1 aromatic rings. The first-order valence-corrected chi connectivity index (χ1v) is 7.39. The van der Waals surface area contributed by atoms with Gasteiger partial charge in [0.1, 0.15) is 4.60 Å². The van der Waals surface area contributed by atoms with Gasteiger partial charge in [0, 0.05) is 11.4 Å². The molecule has 84 valence electrons. The third-order valence-electron chi connectivity index (χ3n) is 2.91. The summed E-state index contributed by atoms with van der Waals surface area (Å²) in [6.07, 6.45) is 9.57. The van der Waals surface area contributed by atoms with Crippen LogP contribution in [0.3, 0.4) is 0 Å². The number of hydrogen-bond donors (Lipinski definition) is 1. The Kier molecular flexibility index (Phi) is 4.44. The van der Waals surface area contributed by atoms with E-state index in [0.29, 0.717) is 6.04 Å². The van der Waals surface area contributed by atoms with E-state index in [4.69, 9.17) is 0 Å². The molecule has 1 aliphatic rings. The van der Waals surface area contributed by atoms with E-state index in [1.165, 1.54) is 44.9 Å². The molecule has 0 aliphatic heterocycles. The van der Waals surface area contributed by atoms with E-state index in [9.17, 15) is 0 Å². The van der Waals surface area contributed by atoms with Gasteiger partial charge in [0.05, 0.1) is 0 Å². The minimum absolute atomic E-state index is 0.642. The molecule has 2 rings (SSSR count). The molecule has 0 radical (unpaired) electrons. The first-order chi connectivity index (χ1) is 7.34. The van der Waals surface area contributed by atoms with Crippen LogP contribution < -0.4 is 5.32 Å². The lowest BCUT2D eigenvalue weighted by Gasteiger charge is -2.20. The van der Waals surface area contributed by atoms with Crippen molar-refractivity contribution >= 4 is 32.4 Å². The average Bonchev–Trinajstić information content (AvgIpc) is 2.56. The van der Waals surface area contributed by atoms with Gasteiger partial charge in [-0.3, -0.25) is 0 Å². The van der Waals surface area contributed by atoms with Crippen molar-refractivity contribution in [2.45, 2.75) is 51.0 Å². The number of aromatic nitrogens is 1. The zero-order valence-corrected chi connectivity index (χ0v) is 11.2. The van der Waals surface area contributed by atoms with Gasteiger partial charge in [-0.2, -0.15) is 0 Å². The van der Waals surface area contributed by atoms with Crippen molar-refractivity contribution in [2.75, 3.05) is 5.32 Å². The zero-order valence-electron chi connectivity index (χ0n) is 8.84. The van der Waals surface area contributed by atoms with Crippen LogP contribution in [-0.2, 0) is 0 Å². The molecule has 0 aromatic carbocycles. The molecule has 1 aromatic heterocycles. The van der Waals surface area contributed by atoms with E-state index in [-0.39, 0.29) is 0 Å². The fraction of sp³-hybridized carbons (Fsp3) is 0.727. The van der Waals surface area contributed by atoms with Crippen molar-refractivity contribution in [3.63, 3.8) is 0 Å². The topological polar surface area (TPSA) is 24.9 Å². The predicted octanol–water partition coefficient (Wildman–Crippen LogP) is 4.43. The summed E-state index contributed by atoms with van der Waals surface area (Å²) in [7, 11) is 0. The Morgan fingerprint density at radius 2 is 1.87 bits per heavy atom. The lowest BCUT2D eigenvalue weighted by Crippen LogP contribution is -2.20. The lowest BCUT2D eigenvalue weighted by molar-refractivity contribution is 0.471. The SMILES string of the molecule is Brc1csc(NC2CCCCCCC2)n1. The Hall–Kier alpha value is -0.0900. The predicted molar refractivity (Wildman–Crippen MR) is 69.5 cm³/mol. The lowest BCUT2D eigenvalue weighted by atomic mass is 9.97. The van der Waals surface area contributed by atoms with Crippen LogP contribution in [0, 0.1) is 0 Å². The van der Waals surface area contributed by atoms with Crippen LogP contribution in [0.1, 0.15) is 44.9 Å². The maximum absolute atomic E-state index is 4.38. The van der Waals surface area contributed by atoms with Gasteiger partial charge < -0.3 is 5.32 Å². The summed E-state index contributed by atoms with van der Waals surface area (Å²) in [5.41, 5.74) is 0. The van der Waals surface area contributed by atoms with Gasteiger partial charge in [0.15, 0.2) is 5.13 Å². The first kappa shape index (κ1) is 11.4. The molecular weight excluding hydrogens is 272 g/mol. The number of halogens is 1. The summed E-state index contributed by atoms with van der Waals surface area (Å²) in [6, 6.07) is 0.642. The molecule has 0 atom stereocenters. The highest BCUT2D eigenvalue weighted by atomic mass is 79.9. The van der Waals surface area contributed by atoms with Crippen LogP contribution >= 0.6 is 27.3 Å². The second kappa shape index (κ2) is 5.85. The second-order valence-electron chi connectivity index (χ2n) is 4.16. The molecule has 1 fully saturated rings. The van der Waals surface area contributed by atoms with Crippen molar-refractivity contribution in [1.82, 2.24) is 4.98 Å². The maximum Gasteiger partial charge on any atom is 0.183 e. The van der Waals surface area contributed by atoms with Crippen LogP contribution in [0.4, 0.5) is 5.13 Å². The summed E-state index contributed by atoms with van der Waals surface area (Å²) in [6.45, 7) is 0. The highest BCUT2D eigenvalue weighted by Crippen LogP contribution is 2.24. The Morgan fingerprint density at radius 3 is 2.47 bits per heavy atom. The second-order valence-corrected chi connectivity index (χ2v) is 5.83. The number of anilines is 1. The van der Waals surface area contributed by atoms with Crippen molar-refractivity contribution in [1.29, 1.82) is 0 Å². The highest BCUT2D eigenvalue weighted by Gasteiger charge is 2.12. The van der Waals surface area contributed by atoms with Crippen molar-refractivity contribution < 1.29 is 0 Å². The quantitative estimate of drug-likeness (QED) is 0.871. The van der Waals surface area contributed by atoms with Gasteiger partial charge in [-0.15, -0.1) is 11.3 Å². The van der Waals surface area contributed by atoms with Gasteiger partial charge >= 0.3 is 0 Å². The standard InChI is InChI=1S/C11H17BrN2S/c12-10-8-15-11(14-10)13-9-6-4-2-1-3-5-7-9/h8-9H,1-7H2,(H,13,14). The largest absolute Gasteiger partial charge is 0.359 e. The Balaban J connectivity index is 1.86. The monoisotopic (exact) mass is 288 g/mol. The van der Waals surface area contributed by atoms with Crippen LogP contribution in [0.15, 0.2) is 9.98 Å². The van der Waals surface area contributed by atoms with Gasteiger partial charge in [0.2, 0.25) is 0 Å². The van der Waals surface area contributed by atoms with Crippen LogP contribution in [0.25, 0.3) is 0 Å². The average molecular weight is 289 g/mol. The van der Waals surface area contributed by atoms with Crippen LogP contribution in [0.5, 0.6) is 0 Å². The zero-order chi connectivity index (χ0) is 10.5. The third-order valence-corrected chi connectivity index (χ3v) is 4.39. The summed E-state index contributed by atoms with van der Waals surface area (Å²) in [5.74, 6) is 0. The minimum Gasteiger partial charge on any atom is -0.359 e. The Morgan fingerprint density at radius 1 is 1.20 bits per heavy atom. The summed E-state index contributed by atoms with van der Waals surface area (Å²) in [5, 5.41) is 6.64. The molecule has 0 bridgehead atoms. The van der Waals surface area contributed by atoms with Crippen LogP contribution in [-0.4, -0.2) is 11.0 Å². The molecule has 0 spiro atoms. The Bertz CT molecular complexity index is 293. The molecule has 0 saturated heterocycles. The van der Waals surface area contributed by atoms with Gasteiger partial charge in [0.25, 0.3) is 0 Å². The summed E-state index contributed by atoms with van der Waals surface area (Å²) < 4.78 is 0.945. The molecule has 2 nitrogen and oxygen atoms in total. The normalized spacial score (nSPS) is 19.5. The van der Waals surface area contributed by atoms with E-state index >= 15 is 0 Å². The molecule has 0 amide bonds. The van der Waals surface area contributed by atoms with Crippen molar-refractivity contribution in [3.8, 4) is 0 Å². The molecule has 4 heteroatoms. The number of rotatable bonds is 2. The number of nitrogens with one attached hydrogen (secondary N) is 1. The summed E-state index contributed by atoms with van der Waals surface area (Å²) >= 11 is 5.07. The van der Waals surface area contributed by atoms with Gasteiger partial charge in [-0.1, -0.05) is 32.1 Å². The van der Waals surface area contributed by atoms with Crippen molar-refractivity contribution in [3.05, 3.63) is 9.98 Å². The van der Waals surface area contributed by atoms with Gasteiger partial charge in [-0.05, 0) is 28.8 Å². The molecule has 1 aliphatic carbocycles. The molecule has 15 heavy (non-hydrogen) atoms. The molecule has 1 heterocycles. The third kappa shape index (κ3) is 3.76. The minimum atomic E-state index is 0.642. The van der Waals surface area contributed by atoms with E-state index in [1.807, 2.05) is 5.38 Å².